The highest BCUT2D eigenvalue weighted by Gasteiger charge is 2.39. The molecule has 2 amide bonds. The molecule has 3 atom stereocenters. The number of nitrogens with one attached hydrogen (secondary N) is 1. The third-order valence-corrected chi connectivity index (χ3v) is 6.92. The van der Waals surface area contributed by atoms with Crippen LogP contribution in [0.25, 0.3) is 0 Å². The second-order valence-corrected chi connectivity index (χ2v) is 8.87. The number of likely N-dealkylation sites (tertiary alicyclic amines) is 1. The van der Waals surface area contributed by atoms with E-state index in [1.807, 2.05) is 29.2 Å². The molecule has 168 valence electrons. The van der Waals surface area contributed by atoms with Crippen LogP contribution in [0, 0.1) is 0 Å². The first-order valence-corrected chi connectivity index (χ1v) is 11.6. The number of aromatic nitrogens is 1. The molecule has 2 aliphatic rings. The van der Waals surface area contributed by atoms with Crippen LogP contribution in [0.5, 0.6) is 0 Å². The summed E-state index contributed by atoms with van der Waals surface area (Å²) in [6.45, 7) is 0.752. The lowest BCUT2D eigenvalue weighted by molar-refractivity contribution is -0.134. The van der Waals surface area contributed by atoms with Crippen LogP contribution in [0.4, 0.5) is 5.69 Å². The average Bonchev–Trinajstić information content (AvgIpc) is 3.52. The largest absolute Gasteiger partial charge is 0.337 e. The molecule has 1 saturated heterocycles. The van der Waals surface area contributed by atoms with Crippen molar-refractivity contribution < 1.29 is 9.59 Å². The molecule has 0 spiro atoms. The Labute approximate surface area is 193 Å². The van der Waals surface area contributed by atoms with Gasteiger partial charge in [0.2, 0.25) is 5.91 Å². The van der Waals surface area contributed by atoms with Crippen molar-refractivity contribution in [2.24, 2.45) is 5.73 Å². The van der Waals surface area contributed by atoms with Gasteiger partial charge in [-0.15, -0.1) is 0 Å². The molecule has 6 nitrogen and oxygen atoms in total. The first-order chi connectivity index (χ1) is 16.1. The lowest BCUT2D eigenvalue weighted by atomic mass is 9.95. The van der Waals surface area contributed by atoms with Gasteiger partial charge < -0.3 is 16.0 Å². The molecular weight excluding hydrogens is 412 g/mol. The predicted molar refractivity (Wildman–Crippen MR) is 128 cm³/mol. The molecule has 0 saturated carbocycles. The van der Waals surface area contributed by atoms with Gasteiger partial charge in [-0.05, 0) is 66.6 Å². The molecule has 2 aromatic carbocycles. The minimum atomic E-state index is -0.287. The molecule has 33 heavy (non-hydrogen) atoms. The summed E-state index contributed by atoms with van der Waals surface area (Å²) in [4.78, 5) is 32.0. The molecule has 2 heterocycles. The van der Waals surface area contributed by atoms with Gasteiger partial charge in [-0.25, -0.2) is 0 Å². The number of hydrogen-bond donors (Lipinski definition) is 2. The number of carbonyl (C=O) groups excluding carboxylic acids is 2. The van der Waals surface area contributed by atoms with Gasteiger partial charge in [-0.1, -0.05) is 36.4 Å². The molecule has 0 radical (unpaired) electrons. The normalized spacial score (nSPS) is 20.3. The lowest BCUT2D eigenvalue weighted by Gasteiger charge is -2.32. The fourth-order valence-corrected chi connectivity index (χ4v) is 5.17. The number of pyridine rings is 1. The summed E-state index contributed by atoms with van der Waals surface area (Å²) in [6, 6.07) is 18.8. The number of nitrogens with two attached hydrogens (primary N) is 1. The predicted octanol–water partition coefficient (Wildman–Crippen LogP) is 4.05. The van der Waals surface area contributed by atoms with Crippen molar-refractivity contribution in [2.45, 2.75) is 43.7 Å². The van der Waals surface area contributed by atoms with Crippen molar-refractivity contribution in [3.63, 3.8) is 0 Å². The van der Waals surface area contributed by atoms with E-state index in [0.717, 1.165) is 37.8 Å². The number of fused-ring (bicyclic) bond motifs is 1. The summed E-state index contributed by atoms with van der Waals surface area (Å²) < 4.78 is 0. The molecule has 0 bridgehead atoms. The zero-order valence-corrected chi connectivity index (χ0v) is 18.5. The monoisotopic (exact) mass is 440 g/mol. The van der Waals surface area contributed by atoms with Crippen LogP contribution in [-0.4, -0.2) is 34.3 Å². The van der Waals surface area contributed by atoms with Crippen LogP contribution in [-0.2, 0) is 11.2 Å². The molecule has 1 fully saturated rings. The van der Waals surface area contributed by atoms with Gasteiger partial charge in [0, 0.05) is 30.2 Å². The van der Waals surface area contributed by atoms with E-state index in [9.17, 15) is 9.59 Å². The van der Waals surface area contributed by atoms with E-state index in [4.69, 9.17) is 5.73 Å². The molecule has 6 heteroatoms. The minimum Gasteiger partial charge on any atom is -0.337 e. The second-order valence-electron chi connectivity index (χ2n) is 8.87. The highest BCUT2D eigenvalue weighted by molar-refractivity contribution is 6.04. The van der Waals surface area contributed by atoms with Crippen molar-refractivity contribution >= 4 is 17.5 Å². The van der Waals surface area contributed by atoms with Crippen LogP contribution < -0.4 is 11.1 Å². The van der Waals surface area contributed by atoms with Gasteiger partial charge in [0.1, 0.15) is 0 Å². The summed E-state index contributed by atoms with van der Waals surface area (Å²) in [5.41, 5.74) is 11.3. The number of amides is 2. The van der Waals surface area contributed by atoms with E-state index in [-0.39, 0.29) is 29.8 Å². The number of hydrogen-bond acceptors (Lipinski definition) is 4. The second kappa shape index (κ2) is 9.16. The van der Waals surface area contributed by atoms with Crippen molar-refractivity contribution in [3.8, 4) is 0 Å². The molecule has 5 rings (SSSR count). The number of carbonyl (C=O) groups is 2. The van der Waals surface area contributed by atoms with E-state index < -0.39 is 0 Å². The van der Waals surface area contributed by atoms with E-state index in [0.29, 0.717) is 11.3 Å². The molecular formula is C27H28N4O2. The molecule has 1 aliphatic heterocycles. The Balaban J connectivity index is 1.28. The quantitative estimate of drug-likeness (QED) is 0.626. The summed E-state index contributed by atoms with van der Waals surface area (Å²) >= 11 is 0. The van der Waals surface area contributed by atoms with Gasteiger partial charge in [0.15, 0.2) is 0 Å². The van der Waals surface area contributed by atoms with Gasteiger partial charge in [0.25, 0.3) is 5.91 Å². The Hall–Kier alpha value is -3.51. The molecule has 1 aliphatic carbocycles. The number of rotatable bonds is 5. The van der Waals surface area contributed by atoms with Gasteiger partial charge in [-0.2, -0.15) is 0 Å². The van der Waals surface area contributed by atoms with Crippen LogP contribution in [0.2, 0.25) is 0 Å². The number of aryl methyl sites for hydroxylation is 1. The number of benzene rings is 2. The molecule has 3 N–H and O–H groups in total. The van der Waals surface area contributed by atoms with Crippen molar-refractivity contribution in [3.05, 3.63) is 95.3 Å². The van der Waals surface area contributed by atoms with Crippen molar-refractivity contribution in [2.75, 3.05) is 11.9 Å². The standard InChI is InChI=1S/C27H28N4O2/c28-25(19-7-9-20(10-8-19)26(32)30-21-13-15-29-16-14-21)24-6-3-17-31(24)27(33)23-12-11-18-4-1-2-5-22(18)23/h1-2,4-5,7-10,13-16,23-25H,3,6,11-12,17,28H2,(H,29,30,32). The van der Waals surface area contributed by atoms with E-state index >= 15 is 0 Å². The summed E-state index contributed by atoms with van der Waals surface area (Å²) in [5.74, 6) is -0.0431. The molecule has 3 aromatic rings. The third kappa shape index (κ3) is 4.26. The average molecular weight is 441 g/mol. The van der Waals surface area contributed by atoms with E-state index in [1.165, 1.54) is 11.1 Å². The number of nitrogens with zero attached hydrogens (tertiary/aromatic N) is 2. The van der Waals surface area contributed by atoms with Crippen LogP contribution >= 0.6 is 0 Å². The van der Waals surface area contributed by atoms with Crippen molar-refractivity contribution in [1.82, 2.24) is 9.88 Å². The Morgan fingerprint density at radius 2 is 1.76 bits per heavy atom. The van der Waals surface area contributed by atoms with Crippen molar-refractivity contribution in [1.29, 1.82) is 0 Å². The maximum atomic E-state index is 13.5. The first kappa shape index (κ1) is 21.3. The Morgan fingerprint density at radius 3 is 2.55 bits per heavy atom. The Kier molecular flexibility index (Phi) is 5.92. The smallest absolute Gasteiger partial charge is 0.255 e. The maximum absolute atomic E-state index is 13.5. The highest BCUT2D eigenvalue weighted by Crippen LogP contribution is 2.37. The van der Waals surface area contributed by atoms with Gasteiger partial charge >= 0.3 is 0 Å². The summed E-state index contributed by atoms with van der Waals surface area (Å²) in [6.07, 6.45) is 6.96. The topological polar surface area (TPSA) is 88.3 Å². The number of anilines is 1. The van der Waals surface area contributed by atoms with Crippen LogP contribution in [0.15, 0.2) is 73.1 Å². The maximum Gasteiger partial charge on any atom is 0.255 e. The molecule has 1 aromatic heterocycles. The lowest BCUT2D eigenvalue weighted by Crippen LogP contribution is -2.43. The summed E-state index contributed by atoms with van der Waals surface area (Å²) in [7, 11) is 0. The van der Waals surface area contributed by atoms with Gasteiger partial charge in [0.05, 0.1) is 18.0 Å². The molecule has 3 unspecified atom stereocenters. The van der Waals surface area contributed by atoms with E-state index in [2.05, 4.69) is 22.4 Å². The zero-order valence-electron chi connectivity index (χ0n) is 18.5. The Morgan fingerprint density at radius 1 is 1.00 bits per heavy atom. The zero-order chi connectivity index (χ0) is 22.8. The fourth-order valence-electron chi connectivity index (χ4n) is 5.17. The van der Waals surface area contributed by atoms with Crippen LogP contribution in [0.1, 0.15) is 58.3 Å². The van der Waals surface area contributed by atoms with Crippen LogP contribution in [0.3, 0.4) is 0 Å². The minimum absolute atomic E-state index is 0.0262. The van der Waals surface area contributed by atoms with E-state index in [1.54, 1.807) is 36.7 Å². The Bertz CT molecular complexity index is 1150. The highest BCUT2D eigenvalue weighted by atomic mass is 16.2. The first-order valence-electron chi connectivity index (χ1n) is 11.6. The fraction of sp³-hybridized carbons (Fsp3) is 0.296. The SMILES string of the molecule is NC(c1ccc(C(=O)Nc2ccncc2)cc1)C1CCCN1C(=O)C1CCc2ccccc21. The third-order valence-electron chi connectivity index (χ3n) is 6.92. The van der Waals surface area contributed by atoms with Gasteiger partial charge in [-0.3, -0.25) is 14.6 Å². The summed E-state index contributed by atoms with van der Waals surface area (Å²) in [5, 5.41) is 2.86.